The van der Waals surface area contributed by atoms with E-state index in [1.54, 1.807) is 0 Å². The lowest BCUT2D eigenvalue weighted by Gasteiger charge is -2.03. The topological polar surface area (TPSA) is 4.93 Å². The van der Waals surface area contributed by atoms with E-state index >= 15 is 0 Å². The average molecular weight is 271 g/mol. The smallest absolute Gasteiger partial charge is 0.0546 e. The van der Waals surface area contributed by atoms with Crippen LogP contribution in [0.3, 0.4) is 0 Å². The molecule has 0 bridgehead atoms. The maximum Gasteiger partial charge on any atom is 0.0546 e. The van der Waals surface area contributed by atoms with Crippen LogP contribution in [-0.4, -0.2) is 4.57 Å². The Kier molecular flexibility index (Phi) is 2.29. The predicted molar refractivity (Wildman–Crippen MR) is 69.8 cm³/mol. The molecule has 0 spiro atoms. The molecule has 3 aromatic rings. The van der Waals surface area contributed by atoms with Gasteiger partial charge in [0, 0.05) is 21.7 Å². The number of rotatable bonds is 1. The Labute approximate surface area is 102 Å². The summed E-state index contributed by atoms with van der Waals surface area (Å²) >= 11 is 3.58. The SMILES string of the molecule is Brc1cn(-c2ccccc2)c2c[c]ccc12. The fraction of sp³-hybridized carbons (Fsp3) is 0. The number of fused-ring (bicyclic) bond motifs is 1. The van der Waals surface area contributed by atoms with E-state index in [0.717, 1.165) is 10.2 Å². The minimum absolute atomic E-state index is 1.11. The van der Waals surface area contributed by atoms with Gasteiger partial charge >= 0.3 is 0 Å². The van der Waals surface area contributed by atoms with Gasteiger partial charge < -0.3 is 4.57 Å². The number of halogens is 1. The monoisotopic (exact) mass is 270 g/mol. The Hall–Kier alpha value is -1.54. The van der Waals surface area contributed by atoms with Gasteiger partial charge in [0.05, 0.1) is 5.52 Å². The van der Waals surface area contributed by atoms with Crippen molar-refractivity contribution in [2.75, 3.05) is 0 Å². The molecule has 2 heteroatoms. The van der Waals surface area contributed by atoms with Crippen molar-refractivity contribution in [1.82, 2.24) is 4.57 Å². The summed E-state index contributed by atoms with van der Waals surface area (Å²) in [6.07, 6.45) is 2.09. The van der Waals surface area contributed by atoms with E-state index in [2.05, 4.69) is 51.0 Å². The largest absolute Gasteiger partial charge is 0.315 e. The van der Waals surface area contributed by atoms with Crippen molar-refractivity contribution in [2.45, 2.75) is 0 Å². The van der Waals surface area contributed by atoms with Crippen LogP contribution in [0, 0.1) is 6.07 Å². The quantitative estimate of drug-likeness (QED) is 0.625. The van der Waals surface area contributed by atoms with E-state index in [-0.39, 0.29) is 0 Å². The maximum atomic E-state index is 3.58. The van der Waals surface area contributed by atoms with E-state index < -0.39 is 0 Å². The highest BCUT2D eigenvalue weighted by atomic mass is 79.9. The lowest BCUT2D eigenvalue weighted by Crippen LogP contribution is -1.90. The van der Waals surface area contributed by atoms with Gasteiger partial charge in [-0.2, -0.15) is 0 Å². The second-order valence-electron chi connectivity index (χ2n) is 3.63. The third-order valence-electron chi connectivity index (χ3n) is 2.64. The van der Waals surface area contributed by atoms with Gasteiger partial charge in [0.25, 0.3) is 0 Å². The minimum atomic E-state index is 1.11. The molecule has 1 radical (unpaired) electrons. The van der Waals surface area contributed by atoms with Crippen LogP contribution in [0.1, 0.15) is 0 Å². The van der Waals surface area contributed by atoms with Gasteiger partial charge in [-0.1, -0.05) is 30.3 Å². The van der Waals surface area contributed by atoms with Crippen molar-refractivity contribution in [3.8, 4) is 5.69 Å². The lowest BCUT2D eigenvalue weighted by molar-refractivity contribution is 1.12. The Bertz CT molecular complexity index is 626. The zero-order valence-corrected chi connectivity index (χ0v) is 10.1. The highest BCUT2D eigenvalue weighted by Crippen LogP contribution is 2.28. The van der Waals surface area contributed by atoms with Crippen molar-refractivity contribution in [3.05, 3.63) is 65.3 Å². The zero-order chi connectivity index (χ0) is 11.0. The first kappa shape index (κ1) is 9.67. The van der Waals surface area contributed by atoms with Crippen LogP contribution in [0.2, 0.25) is 0 Å². The minimum Gasteiger partial charge on any atom is -0.315 e. The number of hydrogen-bond acceptors (Lipinski definition) is 0. The summed E-state index contributed by atoms with van der Waals surface area (Å²) in [6, 6.07) is 19.4. The summed E-state index contributed by atoms with van der Waals surface area (Å²) in [5.74, 6) is 0. The van der Waals surface area contributed by atoms with Gasteiger partial charge in [-0.3, -0.25) is 0 Å². The van der Waals surface area contributed by atoms with Gasteiger partial charge in [0.2, 0.25) is 0 Å². The first-order valence-corrected chi connectivity index (χ1v) is 5.87. The molecule has 0 amide bonds. The molecule has 0 saturated heterocycles. The maximum absolute atomic E-state index is 3.58. The highest BCUT2D eigenvalue weighted by Gasteiger charge is 2.06. The van der Waals surface area contributed by atoms with Gasteiger partial charge in [0.1, 0.15) is 0 Å². The van der Waals surface area contributed by atoms with Crippen molar-refractivity contribution < 1.29 is 0 Å². The fourth-order valence-corrected chi connectivity index (χ4v) is 2.42. The number of benzene rings is 2. The Morgan fingerprint density at radius 3 is 2.69 bits per heavy atom. The van der Waals surface area contributed by atoms with Crippen LogP contribution in [-0.2, 0) is 0 Å². The summed E-state index contributed by atoms with van der Waals surface area (Å²) < 4.78 is 3.27. The fourth-order valence-electron chi connectivity index (χ4n) is 1.88. The third kappa shape index (κ3) is 1.46. The molecule has 2 aromatic carbocycles. The Morgan fingerprint density at radius 1 is 1.06 bits per heavy atom. The molecule has 3 rings (SSSR count). The molecule has 0 aliphatic heterocycles. The Balaban J connectivity index is 2.33. The second-order valence-corrected chi connectivity index (χ2v) is 4.48. The summed E-state index contributed by atoms with van der Waals surface area (Å²) in [4.78, 5) is 0. The number of aromatic nitrogens is 1. The Morgan fingerprint density at radius 2 is 1.88 bits per heavy atom. The van der Waals surface area contributed by atoms with E-state index in [1.165, 1.54) is 10.9 Å². The van der Waals surface area contributed by atoms with Crippen LogP contribution in [0.15, 0.2) is 59.2 Å². The summed E-state index contributed by atoms with van der Waals surface area (Å²) in [5.41, 5.74) is 2.33. The number of para-hydroxylation sites is 1. The average Bonchev–Trinajstić information content (AvgIpc) is 2.69. The molecular formula is C14H9BrN. The van der Waals surface area contributed by atoms with Crippen molar-refractivity contribution in [2.24, 2.45) is 0 Å². The van der Waals surface area contributed by atoms with Crippen molar-refractivity contribution in [3.63, 3.8) is 0 Å². The lowest BCUT2D eigenvalue weighted by atomic mass is 10.2. The molecule has 0 atom stereocenters. The molecule has 0 saturated carbocycles. The highest BCUT2D eigenvalue weighted by molar-refractivity contribution is 9.10. The van der Waals surface area contributed by atoms with Crippen molar-refractivity contribution in [1.29, 1.82) is 0 Å². The molecule has 1 aromatic heterocycles. The molecule has 0 aliphatic carbocycles. The van der Waals surface area contributed by atoms with E-state index in [1.807, 2.05) is 30.3 Å². The normalized spacial score (nSPS) is 10.8. The summed E-state index contributed by atoms with van der Waals surface area (Å²) in [6.45, 7) is 0. The third-order valence-corrected chi connectivity index (χ3v) is 3.27. The van der Waals surface area contributed by atoms with Crippen molar-refractivity contribution >= 4 is 26.8 Å². The van der Waals surface area contributed by atoms with Gasteiger partial charge in [-0.15, -0.1) is 0 Å². The first-order valence-electron chi connectivity index (χ1n) is 5.08. The van der Waals surface area contributed by atoms with E-state index in [4.69, 9.17) is 0 Å². The van der Waals surface area contributed by atoms with E-state index in [0.29, 0.717) is 0 Å². The van der Waals surface area contributed by atoms with Gasteiger partial charge in [0.15, 0.2) is 0 Å². The molecule has 1 heterocycles. The van der Waals surface area contributed by atoms with Gasteiger partial charge in [-0.25, -0.2) is 0 Å². The number of nitrogens with zero attached hydrogens (tertiary/aromatic N) is 1. The van der Waals surface area contributed by atoms with E-state index in [9.17, 15) is 0 Å². The zero-order valence-electron chi connectivity index (χ0n) is 8.52. The molecule has 16 heavy (non-hydrogen) atoms. The van der Waals surface area contributed by atoms with Crippen LogP contribution >= 0.6 is 15.9 Å². The van der Waals surface area contributed by atoms with Gasteiger partial charge in [-0.05, 0) is 40.2 Å². The van der Waals surface area contributed by atoms with Crippen LogP contribution in [0.5, 0.6) is 0 Å². The summed E-state index contributed by atoms with van der Waals surface area (Å²) in [5, 5.41) is 1.21. The molecule has 0 N–H and O–H groups in total. The predicted octanol–water partition coefficient (Wildman–Crippen LogP) is 4.19. The first-order chi connectivity index (χ1) is 7.86. The molecular weight excluding hydrogens is 262 g/mol. The van der Waals surface area contributed by atoms with Crippen LogP contribution in [0.25, 0.3) is 16.6 Å². The summed E-state index contributed by atoms with van der Waals surface area (Å²) in [7, 11) is 0. The number of hydrogen-bond donors (Lipinski definition) is 0. The standard InChI is InChI=1S/C14H9BrN/c15-13-10-16(11-6-2-1-3-7-11)14-9-5-4-8-12(13)14/h1-4,6-10H. The van der Waals surface area contributed by atoms with Crippen LogP contribution < -0.4 is 0 Å². The molecule has 0 unspecified atom stereocenters. The molecule has 0 fully saturated rings. The molecule has 1 nitrogen and oxygen atoms in total. The molecule has 0 aliphatic rings. The van der Waals surface area contributed by atoms with Crippen LogP contribution in [0.4, 0.5) is 0 Å². The molecule has 77 valence electrons. The second kappa shape index (κ2) is 3.80.